The number of carbonyl (C=O) groups excluding carboxylic acids is 2. The lowest BCUT2D eigenvalue weighted by atomic mass is 9.73. The van der Waals surface area contributed by atoms with E-state index in [-0.39, 0.29) is 43.7 Å². The number of nitrogens with zero attached hydrogens (tertiary/aromatic N) is 2. The van der Waals surface area contributed by atoms with Gasteiger partial charge in [0.25, 0.3) is 5.91 Å². The van der Waals surface area contributed by atoms with Gasteiger partial charge in [0.15, 0.2) is 0 Å². The predicted molar refractivity (Wildman–Crippen MR) is 183 cm³/mol. The van der Waals surface area contributed by atoms with E-state index in [2.05, 4.69) is 20.6 Å². The summed E-state index contributed by atoms with van der Waals surface area (Å²) in [5, 5.41) is 4.99. The second-order valence-corrected chi connectivity index (χ2v) is 10.8. The van der Waals surface area contributed by atoms with Gasteiger partial charge in [-0.05, 0) is 59.4 Å². The minimum Gasteiger partial charge on any atom is -0.478 e. The fourth-order valence-electron chi connectivity index (χ4n) is 5.96. The van der Waals surface area contributed by atoms with Gasteiger partial charge >= 0.3 is 6.18 Å². The maximum absolute atomic E-state index is 13.6. The van der Waals surface area contributed by atoms with E-state index in [1.165, 1.54) is 6.20 Å². The predicted octanol–water partition coefficient (Wildman–Crippen LogP) is 8.04. The summed E-state index contributed by atoms with van der Waals surface area (Å²) < 4.78 is 45.2. The van der Waals surface area contributed by atoms with Gasteiger partial charge in [0.05, 0.1) is 24.2 Å². The van der Waals surface area contributed by atoms with E-state index < -0.39 is 24.0 Å². The van der Waals surface area contributed by atoms with Crippen LogP contribution in [0.2, 0.25) is 0 Å². The Bertz CT molecular complexity index is 1830. The van der Waals surface area contributed by atoms with Gasteiger partial charge in [0.1, 0.15) is 12.0 Å². The number of aromatic nitrogens is 2. The summed E-state index contributed by atoms with van der Waals surface area (Å²) in [6.45, 7) is -1.26. The third-order valence-electron chi connectivity index (χ3n) is 7.95. The molecular weight excluding hydrogens is 664 g/mol. The highest BCUT2D eigenvalue weighted by atomic mass is 35.5. The molecule has 0 fully saturated rings. The Morgan fingerprint density at radius 2 is 1.38 bits per heavy atom. The first kappa shape index (κ1) is 35.9. The van der Waals surface area contributed by atoms with Gasteiger partial charge < -0.3 is 15.4 Å². The van der Waals surface area contributed by atoms with Crippen LogP contribution in [0.1, 0.15) is 34.3 Å². The molecule has 0 atom stereocenters. The van der Waals surface area contributed by atoms with Gasteiger partial charge in [-0.2, -0.15) is 13.2 Å². The molecule has 0 aliphatic heterocycles. The van der Waals surface area contributed by atoms with Gasteiger partial charge in [0, 0.05) is 23.4 Å². The van der Waals surface area contributed by atoms with Crippen molar-refractivity contribution in [2.75, 3.05) is 18.5 Å². The van der Waals surface area contributed by atoms with Crippen molar-refractivity contribution in [3.63, 3.8) is 0 Å². The number of pyridine rings is 2. The molecule has 248 valence electrons. The highest BCUT2D eigenvalue weighted by Crippen LogP contribution is 2.51. The lowest BCUT2D eigenvalue weighted by Crippen LogP contribution is -2.47. The SMILES string of the molecule is Cl.Cl.O=C(Nc1ccc(OCCCC2(C(=O)NCC(F)(F)F)c3ccccc3-c3ccccc32)nc1)c1ccccc1-c1ccccn1. The van der Waals surface area contributed by atoms with Gasteiger partial charge in [-0.3, -0.25) is 14.6 Å². The number of halogens is 5. The van der Waals surface area contributed by atoms with Crippen LogP contribution in [0.4, 0.5) is 18.9 Å². The van der Waals surface area contributed by atoms with Crippen molar-refractivity contribution in [3.05, 3.63) is 132 Å². The number of alkyl halides is 3. The number of hydrogen-bond acceptors (Lipinski definition) is 5. The Hall–Kier alpha value is -4.93. The minimum absolute atomic E-state index is 0. The van der Waals surface area contributed by atoms with E-state index in [1.54, 1.807) is 54.7 Å². The topological polar surface area (TPSA) is 93.2 Å². The van der Waals surface area contributed by atoms with Crippen LogP contribution in [0, 0.1) is 0 Å². The normalized spacial score (nSPS) is 12.4. The van der Waals surface area contributed by atoms with Gasteiger partial charge in [-0.25, -0.2) is 4.98 Å². The summed E-state index contributed by atoms with van der Waals surface area (Å²) in [6, 6.07) is 30.6. The van der Waals surface area contributed by atoms with Crippen molar-refractivity contribution < 1.29 is 27.5 Å². The average Bonchev–Trinajstić information content (AvgIpc) is 3.37. The molecule has 12 heteroatoms. The monoisotopic (exact) mass is 694 g/mol. The van der Waals surface area contributed by atoms with Crippen LogP contribution in [0.3, 0.4) is 0 Å². The second kappa shape index (κ2) is 15.3. The summed E-state index contributed by atoms with van der Waals surface area (Å²) in [5.41, 5.74) is 3.97. The molecule has 2 N–H and O–H groups in total. The van der Waals surface area contributed by atoms with E-state index in [0.29, 0.717) is 45.9 Å². The number of carbonyl (C=O) groups is 2. The van der Waals surface area contributed by atoms with E-state index in [4.69, 9.17) is 4.74 Å². The van der Waals surface area contributed by atoms with Crippen LogP contribution in [0.15, 0.2) is 116 Å². The van der Waals surface area contributed by atoms with E-state index in [9.17, 15) is 22.8 Å². The highest BCUT2D eigenvalue weighted by molar-refractivity contribution is 6.08. The molecule has 2 amide bonds. The first-order valence-corrected chi connectivity index (χ1v) is 14.7. The van der Waals surface area contributed by atoms with Crippen LogP contribution >= 0.6 is 24.8 Å². The molecule has 6 rings (SSSR count). The summed E-state index contributed by atoms with van der Waals surface area (Å²) in [6.07, 6.45) is -0.828. The summed E-state index contributed by atoms with van der Waals surface area (Å²) in [5.74, 6) is -0.720. The molecule has 0 bridgehead atoms. The largest absolute Gasteiger partial charge is 0.478 e. The van der Waals surface area contributed by atoms with Crippen molar-refractivity contribution in [1.29, 1.82) is 0 Å². The lowest BCUT2D eigenvalue weighted by molar-refractivity contribution is -0.141. The Labute approximate surface area is 287 Å². The molecule has 2 aromatic heterocycles. The molecular formula is C36H31Cl2F3N4O3. The third kappa shape index (κ3) is 7.45. The molecule has 48 heavy (non-hydrogen) atoms. The van der Waals surface area contributed by atoms with Crippen molar-refractivity contribution in [1.82, 2.24) is 15.3 Å². The molecule has 5 aromatic rings. The number of benzene rings is 3. The first-order valence-electron chi connectivity index (χ1n) is 14.7. The van der Waals surface area contributed by atoms with Crippen molar-refractivity contribution >= 4 is 42.3 Å². The number of ether oxygens (including phenoxy) is 1. The summed E-state index contributed by atoms with van der Waals surface area (Å²) >= 11 is 0. The molecule has 7 nitrogen and oxygen atoms in total. The number of rotatable bonds is 10. The van der Waals surface area contributed by atoms with E-state index >= 15 is 0 Å². The fourth-order valence-corrected chi connectivity index (χ4v) is 5.96. The number of nitrogens with one attached hydrogen (secondary N) is 2. The van der Waals surface area contributed by atoms with Crippen molar-refractivity contribution in [2.24, 2.45) is 0 Å². The summed E-state index contributed by atoms with van der Waals surface area (Å²) in [4.78, 5) is 35.4. The molecule has 1 aliphatic carbocycles. The Morgan fingerprint density at radius 3 is 1.98 bits per heavy atom. The van der Waals surface area contributed by atoms with Crippen LogP contribution in [0.25, 0.3) is 22.4 Å². The maximum atomic E-state index is 13.6. The standard InChI is InChI=1S/C36H29F3N4O3.2ClH/c37-36(38,39)23-42-34(45)35(29-14-5-3-10-25(29)26-11-4-6-15-30(26)35)19-9-21-46-32-18-17-24(22-41-32)43-33(44)28-13-2-1-12-27(28)31-16-7-8-20-40-31;;/h1-8,10-18,20,22H,9,19,21,23H2,(H,42,45)(H,43,44);2*1H. The zero-order valence-electron chi connectivity index (χ0n) is 25.4. The van der Waals surface area contributed by atoms with E-state index in [0.717, 1.165) is 11.1 Å². The van der Waals surface area contributed by atoms with Crippen molar-refractivity contribution in [3.8, 4) is 28.3 Å². The number of hydrogen-bond donors (Lipinski definition) is 2. The smallest absolute Gasteiger partial charge is 0.405 e. The van der Waals surface area contributed by atoms with Crippen LogP contribution in [-0.4, -0.2) is 41.1 Å². The van der Waals surface area contributed by atoms with Crippen LogP contribution in [-0.2, 0) is 10.2 Å². The number of fused-ring (bicyclic) bond motifs is 3. The summed E-state index contributed by atoms with van der Waals surface area (Å²) in [7, 11) is 0. The third-order valence-corrected chi connectivity index (χ3v) is 7.95. The molecule has 0 spiro atoms. The maximum Gasteiger partial charge on any atom is 0.405 e. The van der Waals surface area contributed by atoms with Gasteiger partial charge in [-0.1, -0.05) is 72.8 Å². The molecule has 0 saturated heterocycles. The fraction of sp³-hybridized carbons (Fsp3) is 0.167. The van der Waals surface area contributed by atoms with Gasteiger partial charge in [0.2, 0.25) is 11.8 Å². The van der Waals surface area contributed by atoms with E-state index in [1.807, 2.05) is 54.6 Å². The van der Waals surface area contributed by atoms with Crippen molar-refractivity contribution in [2.45, 2.75) is 24.4 Å². The second-order valence-electron chi connectivity index (χ2n) is 10.8. The number of amides is 2. The molecule has 0 unspecified atom stereocenters. The Balaban J connectivity index is 0.00000260. The molecule has 0 saturated carbocycles. The Morgan fingerprint density at radius 1 is 0.750 bits per heavy atom. The average molecular weight is 696 g/mol. The minimum atomic E-state index is -4.54. The molecule has 2 heterocycles. The number of anilines is 1. The van der Waals surface area contributed by atoms with Crippen LogP contribution in [0.5, 0.6) is 5.88 Å². The highest BCUT2D eigenvalue weighted by Gasteiger charge is 2.49. The quantitative estimate of drug-likeness (QED) is 0.144. The zero-order chi connectivity index (χ0) is 32.1. The van der Waals surface area contributed by atoms with Crippen LogP contribution < -0.4 is 15.4 Å². The lowest BCUT2D eigenvalue weighted by Gasteiger charge is -2.31. The van der Waals surface area contributed by atoms with Gasteiger partial charge in [-0.15, -0.1) is 24.8 Å². The molecule has 1 aliphatic rings. The Kier molecular flexibility index (Phi) is 11.5. The molecule has 3 aromatic carbocycles. The first-order chi connectivity index (χ1) is 22.3. The molecule has 0 radical (unpaired) electrons. The zero-order valence-corrected chi connectivity index (χ0v) is 27.0.